The monoisotopic (exact) mass is 255 g/mol. The highest BCUT2D eigenvalue weighted by molar-refractivity contribution is 9.10. The number of hydrogen-bond acceptors (Lipinski definition) is 1. The summed E-state index contributed by atoms with van der Waals surface area (Å²) < 4.78 is 0.951. The predicted molar refractivity (Wildman–Crippen MR) is 56.7 cm³/mol. The van der Waals surface area contributed by atoms with Crippen LogP contribution in [0.3, 0.4) is 0 Å². The highest BCUT2D eigenvalue weighted by atomic mass is 79.9. The molecule has 1 nitrogen and oxygen atoms in total. The molecule has 0 unspecified atom stereocenters. The highest BCUT2D eigenvalue weighted by Crippen LogP contribution is 2.50. The fraction of sp³-hybridized carbons (Fsp3) is 0.300. The van der Waals surface area contributed by atoms with Crippen molar-refractivity contribution in [2.75, 3.05) is 0 Å². The van der Waals surface area contributed by atoms with Crippen LogP contribution < -0.4 is 0 Å². The quantitative estimate of drug-likeness (QED) is 0.555. The van der Waals surface area contributed by atoms with Crippen molar-refractivity contribution >= 4 is 27.5 Å². The number of pyridine rings is 1. The van der Waals surface area contributed by atoms with E-state index in [1.165, 1.54) is 0 Å². The second-order valence-electron chi connectivity index (χ2n) is 3.21. The molecule has 66 valence electrons. The Labute approximate surface area is 90.6 Å². The van der Waals surface area contributed by atoms with E-state index in [9.17, 15) is 0 Å². The third kappa shape index (κ3) is 1.47. The standard InChI is InChI=1S/C10H7BrClN/c1-2-10(3-4-10)7-5-9(12)13-6-8(7)11/h1,5-6H,3-4H2. The number of halogens is 2. The molecule has 13 heavy (non-hydrogen) atoms. The molecule has 1 saturated carbocycles. The van der Waals surface area contributed by atoms with Crippen LogP contribution in [0, 0.1) is 12.3 Å². The van der Waals surface area contributed by atoms with Crippen LogP contribution in [0.15, 0.2) is 16.7 Å². The molecular formula is C10H7BrClN. The maximum atomic E-state index is 5.81. The van der Waals surface area contributed by atoms with Crippen LogP contribution in [-0.2, 0) is 5.41 Å². The maximum absolute atomic E-state index is 5.81. The number of nitrogens with zero attached hydrogens (tertiary/aromatic N) is 1. The minimum absolute atomic E-state index is 0.0780. The zero-order valence-corrected chi connectivity index (χ0v) is 9.19. The zero-order chi connectivity index (χ0) is 9.47. The Morgan fingerprint density at radius 1 is 1.62 bits per heavy atom. The van der Waals surface area contributed by atoms with E-state index < -0.39 is 0 Å². The largest absolute Gasteiger partial charge is 0.243 e. The van der Waals surface area contributed by atoms with Crippen LogP contribution in [0.5, 0.6) is 0 Å². The molecule has 0 N–H and O–H groups in total. The van der Waals surface area contributed by atoms with Gasteiger partial charge in [-0.15, -0.1) is 6.42 Å². The Kier molecular flexibility index (Phi) is 2.09. The first kappa shape index (κ1) is 9.05. The molecule has 0 radical (unpaired) electrons. The molecule has 0 atom stereocenters. The highest BCUT2D eigenvalue weighted by Gasteiger charge is 2.44. The summed E-state index contributed by atoms with van der Waals surface area (Å²) in [4.78, 5) is 3.96. The molecule has 1 aromatic rings. The third-order valence-electron chi connectivity index (χ3n) is 2.36. The Bertz CT molecular complexity index is 390. The van der Waals surface area contributed by atoms with Gasteiger partial charge < -0.3 is 0 Å². The van der Waals surface area contributed by atoms with Crippen molar-refractivity contribution in [3.8, 4) is 12.3 Å². The van der Waals surface area contributed by atoms with Crippen LogP contribution in [0.25, 0.3) is 0 Å². The average Bonchev–Trinajstić information content (AvgIpc) is 2.90. The second-order valence-corrected chi connectivity index (χ2v) is 4.45. The molecule has 0 saturated heterocycles. The molecule has 3 heteroatoms. The van der Waals surface area contributed by atoms with Gasteiger partial charge in [-0.25, -0.2) is 4.98 Å². The van der Waals surface area contributed by atoms with E-state index in [1.54, 1.807) is 6.20 Å². The minimum atomic E-state index is -0.0780. The first-order chi connectivity index (χ1) is 6.18. The van der Waals surface area contributed by atoms with Crippen molar-refractivity contribution in [3.05, 3.63) is 27.5 Å². The van der Waals surface area contributed by atoms with Crippen LogP contribution in [0.4, 0.5) is 0 Å². The van der Waals surface area contributed by atoms with Crippen LogP contribution >= 0.6 is 27.5 Å². The molecule has 1 heterocycles. The number of terminal acetylenes is 1. The van der Waals surface area contributed by atoms with E-state index in [0.717, 1.165) is 22.9 Å². The van der Waals surface area contributed by atoms with E-state index >= 15 is 0 Å². The van der Waals surface area contributed by atoms with Gasteiger partial charge in [0, 0.05) is 10.7 Å². The molecular weight excluding hydrogens is 249 g/mol. The lowest BCUT2D eigenvalue weighted by Crippen LogP contribution is -2.03. The summed E-state index contributed by atoms with van der Waals surface area (Å²) in [6.45, 7) is 0. The fourth-order valence-electron chi connectivity index (χ4n) is 1.40. The topological polar surface area (TPSA) is 12.9 Å². The Hall–Kier alpha value is -0.520. The Morgan fingerprint density at radius 2 is 2.31 bits per heavy atom. The summed E-state index contributed by atoms with van der Waals surface area (Å²) in [5.74, 6) is 2.82. The SMILES string of the molecule is C#CC1(c2cc(Cl)ncc2Br)CC1. The summed E-state index contributed by atoms with van der Waals surface area (Å²) in [5.41, 5.74) is 1.01. The number of aromatic nitrogens is 1. The Morgan fingerprint density at radius 3 is 2.85 bits per heavy atom. The summed E-state index contributed by atoms with van der Waals surface area (Å²) in [5, 5.41) is 0.500. The summed E-state index contributed by atoms with van der Waals surface area (Å²) in [6, 6.07) is 1.85. The van der Waals surface area contributed by atoms with Gasteiger partial charge in [0.1, 0.15) is 5.15 Å². The van der Waals surface area contributed by atoms with Gasteiger partial charge in [0.05, 0.1) is 5.41 Å². The van der Waals surface area contributed by atoms with E-state index in [4.69, 9.17) is 18.0 Å². The molecule has 0 bridgehead atoms. The van der Waals surface area contributed by atoms with Gasteiger partial charge in [0.2, 0.25) is 0 Å². The molecule has 0 aliphatic heterocycles. The smallest absolute Gasteiger partial charge is 0.129 e. The van der Waals surface area contributed by atoms with Crippen LogP contribution in [-0.4, -0.2) is 4.98 Å². The lowest BCUT2D eigenvalue weighted by atomic mass is 9.99. The van der Waals surface area contributed by atoms with Gasteiger partial charge in [0.15, 0.2) is 0 Å². The fourth-order valence-corrected chi connectivity index (χ4v) is 2.15. The van der Waals surface area contributed by atoms with E-state index in [0.29, 0.717) is 5.15 Å². The number of hydrogen-bond donors (Lipinski definition) is 0. The molecule has 0 amide bonds. The summed E-state index contributed by atoms with van der Waals surface area (Å²) in [6.07, 6.45) is 9.28. The average molecular weight is 257 g/mol. The molecule has 1 aliphatic carbocycles. The second kappa shape index (κ2) is 3.01. The van der Waals surface area contributed by atoms with Gasteiger partial charge in [0.25, 0.3) is 0 Å². The van der Waals surface area contributed by atoms with Gasteiger partial charge in [-0.05, 0) is 40.4 Å². The van der Waals surface area contributed by atoms with Gasteiger partial charge >= 0.3 is 0 Å². The van der Waals surface area contributed by atoms with Crippen LogP contribution in [0.2, 0.25) is 5.15 Å². The van der Waals surface area contributed by atoms with E-state index in [2.05, 4.69) is 26.8 Å². The van der Waals surface area contributed by atoms with Gasteiger partial charge in [-0.2, -0.15) is 0 Å². The van der Waals surface area contributed by atoms with E-state index in [1.807, 2.05) is 6.07 Å². The van der Waals surface area contributed by atoms with Crippen molar-refractivity contribution < 1.29 is 0 Å². The van der Waals surface area contributed by atoms with Crippen molar-refractivity contribution in [2.45, 2.75) is 18.3 Å². The normalized spacial score (nSPS) is 17.9. The molecule has 1 aromatic heterocycles. The minimum Gasteiger partial charge on any atom is -0.243 e. The first-order valence-corrected chi connectivity index (χ1v) is 5.14. The van der Waals surface area contributed by atoms with Crippen molar-refractivity contribution in [2.24, 2.45) is 0 Å². The molecule has 0 aromatic carbocycles. The van der Waals surface area contributed by atoms with Crippen molar-refractivity contribution in [3.63, 3.8) is 0 Å². The van der Waals surface area contributed by atoms with Crippen molar-refractivity contribution in [1.82, 2.24) is 4.98 Å². The van der Waals surface area contributed by atoms with Crippen LogP contribution in [0.1, 0.15) is 18.4 Å². The number of rotatable bonds is 1. The lowest BCUT2D eigenvalue weighted by Gasteiger charge is -2.09. The molecule has 2 rings (SSSR count). The lowest BCUT2D eigenvalue weighted by molar-refractivity contribution is 0.916. The Balaban J connectivity index is 2.52. The molecule has 0 spiro atoms. The maximum Gasteiger partial charge on any atom is 0.129 e. The summed E-state index contributed by atoms with van der Waals surface area (Å²) in [7, 11) is 0. The molecule has 1 fully saturated rings. The predicted octanol–water partition coefficient (Wildman–Crippen LogP) is 3.16. The third-order valence-corrected chi connectivity index (χ3v) is 3.20. The first-order valence-electron chi connectivity index (χ1n) is 3.97. The van der Waals surface area contributed by atoms with Gasteiger partial charge in [-0.1, -0.05) is 17.5 Å². The summed E-state index contributed by atoms with van der Waals surface area (Å²) >= 11 is 9.24. The zero-order valence-electron chi connectivity index (χ0n) is 6.85. The van der Waals surface area contributed by atoms with Crippen molar-refractivity contribution in [1.29, 1.82) is 0 Å². The van der Waals surface area contributed by atoms with Gasteiger partial charge in [-0.3, -0.25) is 0 Å². The molecule has 1 aliphatic rings. The van der Waals surface area contributed by atoms with E-state index in [-0.39, 0.29) is 5.41 Å².